The van der Waals surface area contributed by atoms with E-state index in [2.05, 4.69) is 10.6 Å². The van der Waals surface area contributed by atoms with Crippen LogP contribution in [0.15, 0.2) is 17.0 Å². The van der Waals surface area contributed by atoms with E-state index in [4.69, 9.17) is 35.4 Å². The molecule has 0 aromatic heterocycles. The Morgan fingerprint density at radius 3 is 2.39 bits per heavy atom. The van der Waals surface area contributed by atoms with Gasteiger partial charge < -0.3 is 5.73 Å². The lowest BCUT2D eigenvalue weighted by atomic mass is 10.3. The topological polar surface area (TPSA) is 72.2 Å². The first kappa shape index (κ1) is 15.1. The Balaban J connectivity index is 3.18. The van der Waals surface area contributed by atoms with Crippen molar-refractivity contribution < 1.29 is 8.42 Å². The number of nitrogens with two attached hydrogens (primary N) is 1. The fourth-order valence-electron chi connectivity index (χ4n) is 1.38. The maximum absolute atomic E-state index is 12.1. The molecule has 0 aliphatic heterocycles. The van der Waals surface area contributed by atoms with Gasteiger partial charge in [-0.1, -0.05) is 23.2 Å². The molecule has 98 valence electrons. The van der Waals surface area contributed by atoms with Crippen LogP contribution in [-0.2, 0) is 10.0 Å². The number of sulfonamides is 1. The number of terminal acetylenes is 1. The maximum atomic E-state index is 12.1. The van der Waals surface area contributed by atoms with Gasteiger partial charge in [0.15, 0.2) is 0 Å². The standard InChI is InChI=1S/C11H12Cl2N2O2S/c1-3-4-7(2)15-18(16,17)11-9(12)5-8(14)6-10(11)13/h1,5-7,15H,4,14H2,2H3. The van der Waals surface area contributed by atoms with Crippen LogP contribution in [0.5, 0.6) is 0 Å². The monoisotopic (exact) mass is 306 g/mol. The molecule has 18 heavy (non-hydrogen) atoms. The Morgan fingerprint density at radius 2 is 1.94 bits per heavy atom. The van der Waals surface area contributed by atoms with Gasteiger partial charge in [0.25, 0.3) is 0 Å². The van der Waals surface area contributed by atoms with Crippen molar-refractivity contribution in [2.24, 2.45) is 0 Å². The van der Waals surface area contributed by atoms with Crippen LogP contribution < -0.4 is 10.5 Å². The van der Waals surface area contributed by atoms with Crippen molar-refractivity contribution in [3.63, 3.8) is 0 Å². The molecule has 1 atom stereocenters. The predicted octanol–water partition coefficient (Wildman–Crippen LogP) is 2.27. The van der Waals surface area contributed by atoms with Crippen LogP contribution in [0.2, 0.25) is 10.0 Å². The van der Waals surface area contributed by atoms with E-state index in [0.29, 0.717) is 5.69 Å². The van der Waals surface area contributed by atoms with Crippen molar-refractivity contribution in [1.29, 1.82) is 0 Å². The summed E-state index contributed by atoms with van der Waals surface area (Å²) < 4.78 is 26.6. The molecule has 0 aliphatic carbocycles. The minimum atomic E-state index is -3.82. The van der Waals surface area contributed by atoms with Crippen LogP contribution in [-0.4, -0.2) is 14.5 Å². The van der Waals surface area contributed by atoms with E-state index in [9.17, 15) is 8.42 Å². The number of nitrogens with one attached hydrogen (secondary N) is 1. The Bertz CT molecular complexity index is 571. The zero-order valence-electron chi connectivity index (χ0n) is 9.57. The molecule has 1 rings (SSSR count). The van der Waals surface area contributed by atoms with E-state index >= 15 is 0 Å². The molecule has 0 bridgehead atoms. The molecule has 0 saturated carbocycles. The lowest BCUT2D eigenvalue weighted by Gasteiger charge is -2.14. The number of benzene rings is 1. The molecule has 1 aromatic carbocycles. The van der Waals surface area contributed by atoms with Gasteiger partial charge in [0.05, 0.1) is 10.0 Å². The second-order valence-electron chi connectivity index (χ2n) is 3.74. The number of hydrogen-bond acceptors (Lipinski definition) is 3. The van der Waals surface area contributed by atoms with Gasteiger partial charge >= 0.3 is 0 Å². The number of anilines is 1. The summed E-state index contributed by atoms with van der Waals surface area (Å²) in [5, 5.41) is -0.0548. The quantitative estimate of drug-likeness (QED) is 0.662. The van der Waals surface area contributed by atoms with Gasteiger partial charge in [-0.25, -0.2) is 13.1 Å². The summed E-state index contributed by atoms with van der Waals surface area (Å²) in [5.74, 6) is 2.37. The van der Waals surface area contributed by atoms with E-state index in [-0.39, 0.29) is 21.4 Å². The van der Waals surface area contributed by atoms with Gasteiger partial charge in [-0.15, -0.1) is 12.3 Å². The first-order chi connectivity index (χ1) is 8.27. The summed E-state index contributed by atoms with van der Waals surface area (Å²) >= 11 is 11.7. The molecule has 0 fully saturated rings. The summed E-state index contributed by atoms with van der Waals surface area (Å²) in [4.78, 5) is -0.191. The van der Waals surface area contributed by atoms with E-state index in [0.717, 1.165) is 0 Å². The highest BCUT2D eigenvalue weighted by Gasteiger charge is 2.23. The fourth-order valence-corrected chi connectivity index (χ4v) is 3.85. The van der Waals surface area contributed by atoms with Crippen LogP contribution in [0.1, 0.15) is 13.3 Å². The number of rotatable bonds is 4. The Morgan fingerprint density at radius 1 is 1.44 bits per heavy atom. The van der Waals surface area contributed by atoms with Crippen LogP contribution >= 0.6 is 23.2 Å². The Labute approximate surface area is 117 Å². The van der Waals surface area contributed by atoms with Crippen LogP contribution in [0.3, 0.4) is 0 Å². The van der Waals surface area contributed by atoms with E-state index in [1.807, 2.05) is 0 Å². The molecule has 1 aromatic rings. The maximum Gasteiger partial charge on any atom is 0.243 e. The number of hydrogen-bond donors (Lipinski definition) is 2. The van der Waals surface area contributed by atoms with E-state index in [1.54, 1.807) is 6.92 Å². The van der Waals surface area contributed by atoms with Crippen LogP contribution in [0.4, 0.5) is 5.69 Å². The van der Waals surface area contributed by atoms with Crippen LogP contribution in [0.25, 0.3) is 0 Å². The summed E-state index contributed by atoms with van der Waals surface area (Å²) in [5.41, 5.74) is 5.80. The third-order valence-electron chi connectivity index (χ3n) is 2.07. The first-order valence-corrected chi connectivity index (χ1v) is 7.22. The zero-order valence-corrected chi connectivity index (χ0v) is 11.9. The second kappa shape index (κ2) is 5.81. The largest absolute Gasteiger partial charge is 0.399 e. The van der Waals surface area contributed by atoms with Gasteiger partial charge in [0.1, 0.15) is 4.90 Å². The molecule has 0 amide bonds. The van der Waals surface area contributed by atoms with Gasteiger partial charge in [-0.2, -0.15) is 0 Å². The van der Waals surface area contributed by atoms with Crippen molar-refractivity contribution in [3.8, 4) is 12.3 Å². The normalized spacial score (nSPS) is 13.0. The molecule has 1 unspecified atom stereocenters. The lowest BCUT2D eigenvalue weighted by molar-refractivity contribution is 0.564. The predicted molar refractivity (Wildman–Crippen MR) is 74.1 cm³/mol. The van der Waals surface area contributed by atoms with Crippen molar-refractivity contribution in [2.75, 3.05) is 5.73 Å². The highest BCUT2D eigenvalue weighted by molar-refractivity contribution is 7.89. The van der Waals surface area contributed by atoms with Gasteiger partial charge in [0.2, 0.25) is 10.0 Å². The lowest BCUT2D eigenvalue weighted by Crippen LogP contribution is -2.32. The Hall–Kier alpha value is -0.930. The molecular formula is C11H12Cl2N2O2S. The number of nitrogen functional groups attached to an aromatic ring is 1. The zero-order chi connectivity index (χ0) is 13.9. The highest BCUT2D eigenvalue weighted by atomic mass is 35.5. The van der Waals surface area contributed by atoms with Crippen molar-refractivity contribution in [3.05, 3.63) is 22.2 Å². The molecule has 0 aliphatic rings. The molecule has 0 spiro atoms. The van der Waals surface area contributed by atoms with E-state index in [1.165, 1.54) is 12.1 Å². The molecule has 0 saturated heterocycles. The number of halogens is 2. The van der Waals surface area contributed by atoms with Gasteiger partial charge in [-0.3, -0.25) is 0 Å². The Kier molecular flexibility index (Phi) is 4.88. The van der Waals surface area contributed by atoms with Crippen molar-refractivity contribution in [2.45, 2.75) is 24.3 Å². The molecule has 0 heterocycles. The summed E-state index contributed by atoms with van der Waals surface area (Å²) in [6.45, 7) is 1.65. The molecule has 3 N–H and O–H groups in total. The molecule has 0 radical (unpaired) electrons. The average molecular weight is 307 g/mol. The third kappa shape index (κ3) is 3.53. The highest BCUT2D eigenvalue weighted by Crippen LogP contribution is 2.31. The van der Waals surface area contributed by atoms with Crippen molar-refractivity contribution in [1.82, 2.24) is 4.72 Å². The average Bonchev–Trinajstić information content (AvgIpc) is 2.13. The molecule has 7 heteroatoms. The van der Waals surface area contributed by atoms with Crippen molar-refractivity contribution >= 4 is 38.9 Å². The minimum Gasteiger partial charge on any atom is -0.399 e. The SMILES string of the molecule is C#CCC(C)NS(=O)(=O)c1c(Cl)cc(N)cc1Cl. The first-order valence-electron chi connectivity index (χ1n) is 4.98. The minimum absolute atomic E-state index is 0.0274. The summed E-state index contributed by atoms with van der Waals surface area (Å²) in [6.07, 6.45) is 5.38. The fraction of sp³-hybridized carbons (Fsp3) is 0.273. The van der Waals surface area contributed by atoms with E-state index < -0.39 is 16.1 Å². The van der Waals surface area contributed by atoms with Gasteiger partial charge in [0, 0.05) is 18.2 Å². The third-order valence-corrected chi connectivity index (χ3v) is 4.58. The molecular weight excluding hydrogens is 295 g/mol. The summed E-state index contributed by atoms with van der Waals surface area (Å²) in [7, 11) is -3.82. The van der Waals surface area contributed by atoms with Crippen LogP contribution in [0, 0.1) is 12.3 Å². The summed E-state index contributed by atoms with van der Waals surface area (Å²) in [6, 6.07) is 2.24. The smallest absolute Gasteiger partial charge is 0.243 e. The molecule has 4 nitrogen and oxygen atoms in total. The second-order valence-corrected chi connectivity index (χ2v) is 6.21. The van der Waals surface area contributed by atoms with Gasteiger partial charge in [-0.05, 0) is 19.1 Å².